The molecule has 0 aliphatic rings. The summed E-state index contributed by atoms with van der Waals surface area (Å²) in [7, 11) is 1.23. The molecule has 0 fully saturated rings. The summed E-state index contributed by atoms with van der Waals surface area (Å²) in [6.07, 6.45) is 0. The topological polar surface area (TPSA) is 85.3 Å². The Labute approximate surface area is 155 Å². The largest absolute Gasteiger partial charge is 0.507 e. The van der Waals surface area contributed by atoms with Gasteiger partial charge in [0.1, 0.15) is 17.1 Å². The predicted molar refractivity (Wildman–Crippen MR) is 93.5 cm³/mol. The molecule has 0 aliphatic heterocycles. The van der Waals surface area contributed by atoms with Crippen molar-refractivity contribution in [3.8, 4) is 11.5 Å². The minimum atomic E-state index is -1.36. The lowest BCUT2D eigenvalue weighted by Crippen LogP contribution is -2.43. The first-order valence-corrected chi connectivity index (χ1v) is 7.98. The van der Waals surface area contributed by atoms with Crippen LogP contribution in [0.4, 0.5) is 0 Å². The van der Waals surface area contributed by atoms with Crippen LogP contribution in [0.25, 0.3) is 0 Å². The summed E-state index contributed by atoms with van der Waals surface area (Å²) >= 11 is 5.80. The Morgan fingerprint density at radius 3 is 2.27 bits per heavy atom. The first-order valence-electron chi connectivity index (χ1n) is 7.60. The third-order valence-corrected chi connectivity index (χ3v) is 3.48. The number of phenolic OH excluding ortho intramolecular Hbond substituents is 1. The summed E-state index contributed by atoms with van der Waals surface area (Å²) in [4.78, 5) is 34.1. The number of hydrogen-bond donors (Lipinski definition) is 1. The van der Waals surface area contributed by atoms with Gasteiger partial charge in [-0.1, -0.05) is 23.7 Å². The monoisotopic (exact) mass is 379 g/mol. The molecule has 0 amide bonds. The summed E-state index contributed by atoms with van der Waals surface area (Å²) in [6, 6.07) is 12.3. The highest BCUT2D eigenvalue weighted by molar-refractivity contribution is 6.30. The number of hydroxylamine groups is 2. The number of carbonyl (C=O) groups is 2. The highest BCUT2D eigenvalue weighted by atomic mass is 35.5. The third kappa shape index (κ3) is 5.11. The van der Waals surface area contributed by atoms with Crippen molar-refractivity contribution in [2.24, 2.45) is 0 Å². The fourth-order valence-corrected chi connectivity index (χ4v) is 2.02. The van der Waals surface area contributed by atoms with E-state index >= 15 is 0 Å². The predicted octanol–water partition coefficient (Wildman–Crippen LogP) is 3.37. The van der Waals surface area contributed by atoms with Gasteiger partial charge in [0.25, 0.3) is 0 Å². The summed E-state index contributed by atoms with van der Waals surface area (Å²) in [5.41, 5.74) is -1.42. The van der Waals surface area contributed by atoms with Crippen molar-refractivity contribution >= 4 is 23.5 Å². The Balaban J connectivity index is 1.95. The second-order valence-electron chi connectivity index (χ2n) is 5.78. The molecule has 2 aromatic carbocycles. The summed E-state index contributed by atoms with van der Waals surface area (Å²) in [5, 5.41) is 10.8. The summed E-state index contributed by atoms with van der Waals surface area (Å²) in [6.45, 7) is 3.01. The molecular weight excluding hydrogens is 362 g/mol. The number of halogens is 1. The van der Waals surface area contributed by atoms with E-state index in [-0.39, 0.29) is 11.3 Å². The van der Waals surface area contributed by atoms with E-state index < -0.39 is 17.5 Å². The number of benzene rings is 2. The van der Waals surface area contributed by atoms with Gasteiger partial charge in [-0.3, -0.25) is 0 Å². The molecule has 0 bridgehead atoms. The molecule has 0 spiro atoms. The number of nitrogens with zero attached hydrogens (tertiary/aromatic N) is 1. The van der Waals surface area contributed by atoms with Crippen LogP contribution in [-0.2, 0) is 14.5 Å². The lowest BCUT2D eigenvalue weighted by atomic mass is 10.1. The first-order chi connectivity index (χ1) is 12.2. The zero-order valence-electron chi connectivity index (χ0n) is 14.4. The van der Waals surface area contributed by atoms with Gasteiger partial charge in [-0.05, 0) is 50.2 Å². The molecule has 2 rings (SSSR count). The zero-order chi connectivity index (χ0) is 19.3. The van der Waals surface area contributed by atoms with Gasteiger partial charge in [0, 0.05) is 10.2 Å². The second-order valence-corrected chi connectivity index (χ2v) is 6.22. The van der Waals surface area contributed by atoms with Crippen molar-refractivity contribution in [3.63, 3.8) is 0 Å². The molecule has 1 N–H and O–H groups in total. The fourth-order valence-electron chi connectivity index (χ4n) is 1.90. The average molecular weight is 380 g/mol. The number of carbonyl (C=O) groups excluding carboxylic acids is 2. The SMILES string of the molecule is CN(OC(=O)c1ccccc1O)OC(=O)C(C)(C)Oc1ccc(Cl)cc1. The van der Waals surface area contributed by atoms with Crippen LogP contribution in [0.15, 0.2) is 48.5 Å². The van der Waals surface area contributed by atoms with E-state index in [1.165, 1.54) is 33.0 Å². The highest BCUT2D eigenvalue weighted by Gasteiger charge is 2.34. The van der Waals surface area contributed by atoms with Gasteiger partial charge >= 0.3 is 11.9 Å². The van der Waals surface area contributed by atoms with Crippen molar-refractivity contribution < 1.29 is 29.1 Å². The van der Waals surface area contributed by atoms with Crippen molar-refractivity contribution in [1.29, 1.82) is 0 Å². The smallest absolute Gasteiger partial charge is 0.371 e. The van der Waals surface area contributed by atoms with Crippen LogP contribution in [0.5, 0.6) is 11.5 Å². The van der Waals surface area contributed by atoms with E-state index in [0.717, 1.165) is 0 Å². The van der Waals surface area contributed by atoms with Crippen LogP contribution in [-0.4, -0.2) is 34.9 Å². The fraction of sp³-hybridized carbons (Fsp3) is 0.222. The molecule has 0 unspecified atom stereocenters. The van der Waals surface area contributed by atoms with Gasteiger partial charge in [-0.2, -0.15) is 0 Å². The number of ether oxygens (including phenoxy) is 1. The Bertz CT molecular complexity index is 791. The molecule has 138 valence electrons. The molecule has 0 aliphatic carbocycles. The van der Waals surface area contributed by atoms with Gasteiger partial charge < -0.3 is 19.5 Å². The van der Waals surface area contributed by atoms with Crippen LogP contribution in [0, 0.1) is 0 Å². The minimum Gasteiger partial charge on any atom is -0.507 e. The Kier molecular flexibility index (Phi) is 6.07. The van der Waals surface area contributed by atoms with Crippen molar-refractivity contribution in [2.75, 3.05) is 7.05 Å². The van der Waals surface area contributed by atoms with Crippen LogP contribution in [0.3, 0.4) is 0 Å². The van der Waals surface area contributed by atoms with E-state index in [0.29, 0.717) is 16.0 Å². The van der Waals surface area contributed by atoms with Crippen LogP contribution in [0.2, 0.25) is 5.02 Å². The van der Waals surface area contributed by atoms with Gasteiger partial charge in [0.15, 0.2) is 0 Å². The molecule has 8 heteroatoms. The quantitative estimate of drug-likeness (QED) is 0.770. The molecular formula is C18H18ClNO6. The lowest BCUT2D eigenvalue weighted by molar-refractivity contribution is -0.304. The molecule has 0 saturated carbocycles. The summed E-state index contributed by atoms with van der Waals surface area (Å²) < 4.78 is 5.59. The van der Waals surface area contributed by atoms with Gasteiger partial charge in [-0.15, -0.1) is 0 Å². The van der Waals surface area contributed by atoms with E-state index in [2.05, 4.69) is 0 Å². The van der Waals surface area contributed by atoms with Gasteiger partial charge in [0.2, 0.25) is 5.60 Å². The van der Waals surface area contributed by atoms with Crippen molar-refractivity contribution in [1.82, 2.24) is 5.23 Å². The lowest BCUT2D eigenvalue weighted by Gasteiger charge is -2.26. The van der Waals surface area contributed by atoms with E-state index in [1.807, 2.05) is 0 Å². The molecule has 0 atom stereocenters. The molecule has 0 radical (unpaired) electrons. The first kappa shape index (κ1) is 19.6. The molecule has 26 heavy (non-hydrogen) atoms. The number of rotatable bonds is 6. The van der Waals surface area contributed by atoms with E-state index in [1.54, 1.807) is 36.4 Å². The maximum atomic E-state index is 12.3. The number of para-hydroxylation sites is 1. The maximum Gasteiger partial charge on any atom is 0.371 e. The number of phenols is 1. The van der Waals surface area contributed by atoms with E-state index in [4.69, 9.17) is 26.0 Å². The molecule has 0 heterocycles. The van der Waals surface area contributed by atoms with Crippen LogP contribution in [0.1, 0.15) is 24.2 Å². The Morgan fingerprint density at radius 1 is 1.04 bits per heavy atom. The molecule has 0 aromatic heterocycles. The molecule has 0 saturated heterocycles. The average Bonchev–Trinajstić information content (AvgIpc) is 2.57. The Morgan fingerprint density at radius 2 is 1.65 bits per heavy atom. The maximum absolute atomic E-state index is 12.3. The van der Waals surface area contributed by atoms with Gasteiger partial charge in [0.05, 0.1) is 7.05 Å². The van der Waals surface area contributed by atoms with Crippen molar-refractivity contribution in [2.45, 2.75) is 19.4 Å². The van der Waals surface area contributed by atoms with Crippen LogP contribution < -0.4 is 4.74 Å². The van der Waals surface area contributed by atoms with Crippen molar-refractivity contribution in [3.05, 3.63) is 59.1 Å². The normalized spacial score (nSPS) is 11.1. The van der Waals surface area contributed by atoms with Crippen LogP contribution >= 0.6 is 11.6 Å². The molecule has 7 nitrogen and oxygen atoms in total. The Hall–Kier alpha value is -2.77. The summed E-state index contributed by atoms with van der Waals surface area (Å²) in [5.74, 6) is -1.50. The number of hydrogen-bond acceptors (Lipinski definition) is 7. The van der Waals surface area contributed by atoms with Gasteiger partial charge in [-0.25, -0.2) is 9.59 Å². The second kappa shape index (κ2) is 8.07. The minimum absolute atomic E-state index is 0.0629. The molecule has 2 aromatic rings. The third-order valence-electron chi connectivity index (χ3n) is 3.23. The zero-order valence-corrected chi connectivity index (χ0v) is 15.2. The highest BCUT2D eigenvalue weighted by Crippen LogP contribution is 2.22. The number of aromatic hydroxyl groups is 1. The van der Waals surface area contributed by atoms with E-state index in [9.17, 15) is 14.7 Å². The standard InChI is InChI=1S/C18H18ClNO6/c1-18(2,24-13-10-8-12(19)9-11-13)17(23)26-20(3)25-16(22)14-6-4-5-7-15(14)21/h4-11,21H,1-3H3.